The Morgan fingerprint density at radius 1 is 0.245 bits per heavy atom. The minimum absolute atomic E-state index is 0. The summed E-state index contributed by atoms with van der Waals surface area (Å²) < 4.78 is 58.9. The zero-order valence-electron chi connectivity index (χ0n) is 47.9. The van der Waals surface area contributed by atoms with E-state index in [0.29, 0.717) is 0 Å². The minimum Gasteiger partial charge on any atom is -1.00 e. The van der Waals surface area contributed by atoms with Gasteiger partial charge in [-0.15, -0.1) is 0 Å². The number of alkyl halides is 3. The Kier molecular flexibility index (Phi) is 19.3. The van der Waals surface area contributed by atoms with E-state index >= 15 is 0 Å². The Labute approximate surface area is 537 Å². The van der Waals surface area contributed by atoms with Gasteiger partial charge in [0.1, 0.15) is 0 Å². The van der Waals surface area contributed by atoms with E-state index < -0.39 is 40.2 Å². The molecule has 0 aliphatic heterocycles. The second-order valence-electron chi connectivity index (χ2n) is 20.3. The van der Waals surface area contributed by atoms with Gasteiger partial charge in [-0.2, -0.15) is 13.2 Å². The normalized spacial score (nSPS) is 11.7. The summed E-state index contributed by atoms with van der Waals surface area (Å²) in [6, 6.07) is 30.9. The molecule has 0 amide bonds. The number of nitrogens with zero attached hydrogens (tertiary/aromatic N) is 16. The summed E-state index contributed by atoms with van der Waals surface area (Å²) in [5, 5.41) is 116. The average molecular weight is 1390 g/mol. The fourth-order valence-electron chi connectivity index (χ4n) is 11.8. The SMILES string of the molecule is O=S(=O)([O-])C(F)(F)F.[F-].[Pd+4].c1cc([B-](c2cc[nH]n2)(c2cc[nH]n2)c2cc[nH]n2)n[nH]1.c1cc([B-](c2cc[nH]n2)(c2cc[nH]n2)c2cc[nH]n2)n[nH]1.c1cc([B-](c2cc[nH]n2)(c2cc[nH]n2)c2cc[nH]n2)n[nH]1.c1cc([B-](c2cc[nH]n2)(c2cc[nH]n2)c2cc[nH]n2)n[nH]1. The van der Waals surface area contributed by atoms with Crippen LogP contribution in [0.25, 0.3) is 0 Å². The molecule has 0 aliphatic rings. The van der Waals surface area contributed by atoms with Gasteiger partial charge in [0.2, 0.25) is 0 Å². The van der Waals surface area contributed by atoms with Crippen LogP contribution >= 0.6 is 0 Å². The second-order valence-corrected chi connectivity index (χ2v) is 21.7. The number of hydrogen-bond donors (Lipinski definition) is 16. The van der Waals surface area contributed by atoms with Gasteiger partial charge in [0.15, 0.2) is 34.7 Å². The topological polar surface area (TPSA) is 516 Å². The molecule has 45 heteroatoms. The molecule has 16 aromatic heterocycles. The summed E-state index contributed by atoms with van der Waals surface area (Å²) in [6.07, 6.45) is 22.1. The van der Waals surface area contributed by atoms with Gasteiger partial charge in [-0.3, -0.25) is 81.6 Å². The van der Waals surface area contributed by atoms with Gasteiger partial charge in [0.25, 0.3) is 0 Å². The zero-order valence-corrected chi connectivity index (χ0v) is 50.3. The molecular weight excluding hydrogens is 1340 g/mol. The number of halogens is 4. The van der Waals surface area contributed by atoms with Crippen LogP contribution in [0.1, 0.15) is 0 Å². The first kappa shape index (κ1) is 64.9. The largest absolute Gasteiger partial charge is 4.00 e. The summed E-state index contributed by atoms with van der Waals surface area (Å²) >= 11 is 0. The van der Waals surface area contributed by atoms with Gasteiger partial charge in [0.05, 0.1) is 0 Å². The van der Waals surface area contributed by atoms with Gasteiger partial charge in [-0.05, 0) is 0 Å². The quantitative estimate of drug-likeness (QED) is 0.0185. The fraction of sp³-hybridized carbons (Fsp3) is 0.0204. The van der Waals surface area contributed by atoms with Crippen LogP contribution < -0.4 is 94.2 Å². The first-order valence-corrected chi connectivity index (χ1v) is 29.0. The molecule has 0 unspecified atom stereocenters. The Morgan fingerprint density at radius 3 is 0.362 bits per heavy atom. The van der Waals surface area contributed by atoms with E-state index in [1.165, 1.54) is 0 Å². The predicted octanol–water partition coefficient (Wildman–Crippen LogP) is -11.1. The summed E-state index contributed by atoms with van der Waals surface area (Å²) in [4.78, 5) is 0. The molecule has 0 aromatic carbocycles. The number of hydrogen-bond acceptors (Lipinski definition) is 19. The third kappa shape index (κ3) is 11.9. The molecule has 0 aliphatic carbocycles. The van der Waals surface area contributed by atoms with Gasteiger partial charge < -0.3 is 9.26 Å². The van der Waals surface area contributed by atoms with Crippen molar-refractivity contribution in [2.45, 2.75) is 5.51 Å². The first-order chi connectivity index (χ1) is 44.9. The van der Waals surface area contributed by atoms with E-state index in [1.54, 1.807) is 99.1 Å². The van der Waals surface area contributed by atoms with Crippen molar-refractivity contribution in [2.24, 2.45) is 0 Å². The number of rotatable bonds is 16. The first-order valence-electron chi connectivity index (χ1n) is 27.6. The van der Waals surface area contributed by atoms with Crippen LogP contribution in [-0.2, 0) is 30.5 Å². The van der Waals surface area contributed by atoms with Crippen LogP contribution in [0.2, 0.25) is 0 Å². The summed E-state index contributed by atoms with van der Waals surface area (Å²) in [5.41, 5.74) is 7.71. The molecule has 16 aromatic rings. The minimum atomic E-state index is -6.09. The Bertz CT molecular complexity index is 3570. The van der Waals surface area contributed by atoms with E-state index in [1.807, 2.05) is 97.1 Å². The summed E-state index contributed by atoms with van der Waals surface area (Å²) in [5.74, 6) is 0. The molecule has 0 bridgehead atoms. The van der Waals surface area contributed by atoms with Crippen molar-refractivity contribution in [3.05, 3.63) is 196 Å². The standard InChI is InChI=1S/4C12H12BN8.CHF3O3S.FH.Pd/c4*1-5-14-18-9(1)13(10-2-6-15-19-10,11-3-7-16-20-11)12-4-8-17-21-12;2-1(3,4)8(5,6)7;;/h4*1-8H,(H,14,18)(H,15,19)(H,16,20)(H,17,21);(H,5,6,7);1H;/q4*-1;;;+4/p-2. The molecule has 16 N–H and O–H groups in total. The summed E-state index contributed by atoms with van der Waals surface area (Å²) in [6.45, 7) is 0. The van der Waals surface area contributed by atoms with Crippen molar-refractivity contribution in [3.8, 4) is 0 Å². The molecular formula is C49H48B4F4N32O3PdS-2. The molecule has 16 heterocycles. The monoisotopic (exact) mass is 1390 g/mol. The van der Waals surface area contributed by atoms with Crippen molar-refractivity contribution >= 4 is 124 Å². The van der Waals surface area contributed by atoms with Crippen LogP contribution in [0, 0.1) is 0 Å². The van der Waals surface area contributed by atoms with Gasteiger partial charge in [0, 0.05) is 99.1 Å². The molecule has 0 atom stereocenters. The van der Waals surface area contributed by atoms with Crippen LogP contribution in [0.15, 0.2) is 196 Å². The maximum atomic E-state index is 10.7. The third-order valence-electron chi connectivity index (χ3n) is 15.7. The molecule has 16 rings (SSSR count). The van der Waals surface area contributed by atoms with Crippen molar-refractivity contribution in [3.63, 3.8) is 0 Å². The molecule has 35 nitrogen and oxygen atoms in total. The van der Waals surface area contributed by atoms with E-state index in [9.17, 15) is 13.2 Å². The van der Waals surface area contributed by atoms with E-state index in [4.69, 9.17) is 13.0 Å². The van der Waals surface area contributed by atoms with Crippen molar-refractivity contribution in [1.82, 2.24) is 163 Å². The zero-order chi connectivity index (χ0) is 63.5. The van der Waals surface area contributed by atoms with E-state index in [-0.39, 0.29) is 25.1 Å². The molecule has 94 heavy (non-hydrogen) atoms. The van der Waals surface area contributed by atoms with Crippen LogP contribution in [0.5, 0.6) is 0 Å². The van der Waals surface area contributed by atoms with Gasteiger partial charge >= 0.3 is 25.9 Å². The number of H-pyrrole nitrogens is 16. The number of nitrogens with one attached hydrogen (secondary N) is 16. The third-order valence-corrected chi connectivity index (χ3v) is 16.3. The Hall–Kier alpha value is -12.1. The van der Waals surface area contributed by atoms with Crippen molar-refractivity contribution in [2.75, 3.05) is 0 Å². The maximum absolute atomic E-state index is 10.7. The maximum Gasteiger partial charge on any atom is 4.00 e. The van der Waals surface area contributed by atoms with Crippen molar-refractivity contribution < 1.29 is 51.3 Å². The predicted molar refractivity (Wildman–Crippen MR) is 330 cm³/mol. The van der Waals surface area contributed by atoms with Gasteiger partial charge in [-0.1, -0.05) is 187 Å². The van der Waals surface area contributed by atoms with Crippen LogP contribution in [-0.4, -0.2) is 206 Å². The Morgan fingerprint density at radius 2 is 0.319 bits per heavy atom. The molecule has 0 spiro atoms. The van der Waals surface area contributed by atoms with E-state index in [0.717, 1.165) is 89.5 Å². The number of aromatic nitrogens is 32. The molecule has 480 valence electrons. The fourth-order valence-corrected chi connectivity index (χ4v) is 11.8. The Balaban J connectivity index is 0.000000131. The average Bonchev–Trinajstić information content (AvgIpc) is 1.59. The van der Waals surface area contributed by atoms with Gasteiger partial charge in [-0.25, -0.2) is 90.0 Å². The van der Waals surface area contributed by atoms with Crippen molar-refractivity contribution in [1.29, 1.82) is 0 Å². The number of aromatic amines is 16. The molecule has 0 saturated heterocycles. The molecule has 0 saturated carbocycles. The smallest absolute Gasteiger partial charge is 1.00 e. The molecule has 0 fully saturated rings. The van der Waals surface area contributed by atoms with E-state index in [2.05, 4.69) is 163 Å². The van der Waals surface area contributed by atoms with Crippen LogP contribution in [0.4, 0.5) is 13.2 Å². The molecule has 0 radical (unpaired) electrons. The summed E-state index contributed by atoms with van der Waals surface area (Å²) in [7, 11) is -6.09. The second kappa shape index (κ2) is 28.0. The van der Waals surface area contributed by atoms with Crippen LogP contribution in [0.3, 0.4) is 0 Å².